The third-order valence-corrected chi connectivity index (χ3v) is 19.8. The minimum Gasteiger partial charge on any atom is -0.481 e. The lowest BCUT2D eigenvalue weighted by Gasteiger charge is -2.13. The summed E-state index contributed by atoms with van der Waals surface area (Å²) < 4.78 is 50.2. The van der Waals surface area contributed by atoms with Gasteiger partial charge in [-0.15, -0.1) is 0 Å². The number of aliphatic hydroxyl groups is 1. The van der Waals surface area contributed by atoms with Crippen LogP contribution >= 0.6 is 0 Å². The molecular formula is C112H155F3O17. The zero-order valence-electron chi connectivity index (χ0n) is 82.0. The molecule has 132 heavy (non-hydrogen) atoms. The average Bonchev–Trinajstić information content (AvgIpc) is 0.897. The van der Waals surface area contributed by atoms with Crippen LogP contribution in [0.2, 0.25) is 0 Å². The fraction of sp³-hybridized carbons (Fsp3) is 0.482. The monoisotopic (exact) mass is 1830 g/mol. The number of methoxy groups -OCH3 is 1. The highest BCUT2D eigenvalue weighted by Gasteiger charge is 2.32. The summed E-state index contributed by atoms with van der Waals surface area (Å²) in [7, 11) is 1.39. The Morgan fingerprint density at radius 1 is 0.318 bits per heavy atom. The van der Waals surface area contributed by atoms with E-state index in [0.29, 0.717) is 84.3 Å². The quantitative estimate of drug-likeness (QED) is 0.00895. The minimum atomic E-state index is -4.48. The Morgan fingerprint density at radius 2 is 0.583 bits per heavy atom. The molecule has 20 heteroatoms. The molecular weight excluding hydrogens is 1670 g/mol. The molecule has 0 aromatic heterocycles. The van der Waals surface area contributed by atoms with E-state index < -0.39 is 61.1 Å². The van der Waals surface area contributed by atoms with E-state index in [9.17, 15) is 51.5 Å². The van der Waals surface area contributed by atoms with Crippen molar-refractivity contribution in [2.45, 2.75) is 284 Å². The summed E-state index contributed by atoms with van der Waals surface area (Å²) in [6.45, 7) is 36.6. The number of benzene rings is 8. The fourth-order valence-electron chi connectivity index (χ4n) is 13.6. The maximum Gasteiger partial charge on any atom is 0.391 e. The molecule has 0 saturated heterocycles. The van der Waals surface area contributed by atoms with Gasteiger partial charge in [0.05, 0.1) is 42.9 Å². The van der Waals surface area contributed by atoms with Crippen LogP contribution in [0.25, 0.3) is 6.08 Å². The molecule has 0 unspecified atom stereocenters. The Labute approximate surface area is 786 Å². The van der Waals surface area contributed by atoms with Crippen molar-refractivity contribution in [2.24, 2.45) is 47.3 Å². The third kappa shape index (κ3) is 64.7. The van der Waals surface area contributed by atoms with Crippen molar-refractivity contribution in [3.8, 4) is 0 Å². The van der Waals surface area contributed by atoms with Gasteiger partial charge < -0.3 is 44.8 Å². The normalized spacial score (nSPS) is 11.1. The molecule has 1 atom stereocenters. The molecule has 0 amide bonds. The Morgan fingerprint density at radius 3 is 0.864 bits per heavy atom. The molecule has 0 spiro atoms. The molecule has 726 valence electrons. The Balaban J connectivity index is 0.000000758. The number of carbonyl (C=O) groups excluding carboxylic acids is 3. The van der Waals surface area contributed by atoms with Crippen molar-refractivity contribution in [1.82, 2.24) is 0 Å². The maximum atomic E-state index is 12.0. The molecule has 0 aliphatic carbocycles. The van der Waals surface area contributed by atoms with E-state index in [1.165, 1.54) is 62.7 Å². The second kappa shape index (κ2) is 68.9. The topological polar surface area (TPSA) is 286 Å². The van der Waals surface area contributed by atoms with E-state index in [1.807, 2.05) is 79.7 Å². The predicted octanol–water partition coefficient (Wildman–Crippen LogP) is 26.4. The van der Waals surface area contributed by atoms with Gasteiger partial charge in [0.2, 0.25) is 0 Å². The molecule has 0 saturated carbocycles. The summed E-state index contributed by atoms with van der Waals surface area (Å²) in [4.78, 5) is 85.9. The molecule has 0 heterocycles. The van der Waals surface area contributed by atoms with Crippen LogP contribution in [0, 0.1) is 47.3 Å². The molecule has 0 radical (unpaired) electrons. The van der Waals surface area contributed by atoms with E-state index in [4.69, 9.17) is 35.4 Å². The SMILES string of the molecule is CC(C)Cc1ccc(/C=C/C(=O)O)cc1.CC(C)Cc1ccc(C(=O)O)cc1.CC(C)Cc1ccc(C(=O)OC[C@H](O)CC(F)(F)F)cc1.CC(C)Cc1ccc(CCC(=O)O)cc1.CC(C)Cc1ccc(CCCC(=O)O)cc1.CC(C)Cc1ccc(CCCCCC(=O)O)cc1.CCOC(=O)CCCCCc1ccc(CC(C)C)cc1.COC(=O)c1ccc(CC(C)C)cc1. The van der Waals surface area contributed by atoms with Gasteiger partial charge in [0.25, 0.3) is 0 Å². The van der Waals surface area contributed by atoms with Gasteiger partial charge in [-0.2, -0.15) is 13.2 Å². The number of alkyl halides is 3. The number of carboxylic acid groups (broad SMARTS) is 5. The first kappa shape index (κ1) is 119. The largest absolute Gasteiger partial charge is 0.481 e. The van der Waals surface area contributed by atoms with Crippen LogP contribution in [0.5, 0.6) is 0 Å². The summed E-state index contributed by atoms with van der Waals surface area (Å²) >= 11 is 0. The molecule has 8 aromatic carbocycles. The van der Waals surface area contributed by atoms with Crippen LogP contribution in [-0.2, 0) is 115 Å². The number of esters is 3. The number of aryl methyl sites for hydroxylation is 4. The molecule has 17 nitrogen and oxygen atoms in total. The van der Waals surface area contributed by atoms with Gasteiger partial charge in [-0.1, -0.05) is 281 Å². The first-order valence-corrected chi connectivity index (χ1v) is 46.9. The number of unbranched alkanes of at least 4 members (excludes halogenated alkanes) is 4. The number of ether oxygens (including phenoxy) is 3. The van der Waals surface area contributed by atoms with Gasteiger partial charge in [0.15, 0.2) is 0 Å². The first-order valence-electron chi connectivity index (χ1n) is 46.9. The average molecular weight is 1830 g/mol. The first-order chi connectivity index (χ1) is 62.3. The summed E-state index contributed by atoms with van der Waals surface area (Å²) in [5.74, 6) is 0.130. The van der Waals surface area contributed by atoms with Crippen LogP contribution < -0.4 is 0 Å². The standard InChI is InChI=1S/C18H28O2.C16H24O2.C15H19F3O3.C14H20O2.C13H18O2.C13H16O2.C12H16O2.C11H14O2/c1-4-20-18(19)9-7-5-6-8-16-10-12-17(13-11-16)14-15(2)3;1-13(2)12-15-10-8-14(9-11-15)6-4-3-5-7-16(17)18;1-10(2)7-11-3-5-12(6-4-11)14(20)21-9-13(19)8-15(16,17)18;1-11(2)10-13-8-6-12(7-9-13)4-3-5-14(15)16;2*1-10(2)9-12-5-3-11(4-6-12)7-8-13(14)15;1-9(2)8-10-4-6-11(7-5-10)12(13)14-3;1-8(2)7-9-3-5-10(6-4-9)11(12)13/h10-13,15H,4-9,14H2,1-3H3;8-11,13H,3-7,12H2,1-2H3,(H,17,18);3-6,10,13,19H,7-9H2,1-2H3;6-9,11H,3-5,10H2,1-2H3,(H,15,16);3-6,10H,7-9H2,1-2H3,(H,14,15);3-8,10H,9H2,1-2H3,(H,14,15);4-7,9H,8H2,1-3H3;3-6,8H,7H2,1-2H3,(H,12,13)/b;;;;;8-7+;;/t;;13-;;;;;/m..1...../s1. The number of aliphatic carboxylic acids is 4. The molecule has 0 aliphatic heterocycles. The highest BCUT2D eigenvalue weighted by molar-refractivity contribution is 5.90. The molecule has 0 fully saturated rings. The number of aromatic carboxylic acids is 1. The van der Waals surface area contributed by atoms with E-state index in [2.05, 4.69) is 205 Å². The predicted molar refractivity (Wildman–Crippen MR) is 527 cm³/mol. The zero-order chi connectivity index (χ0) is 99.1. The minimum absolute atomic E-state index is 0.0643. The van der Waals surface area contributed by atoms with Crippen molar-refractivity contribution >= 4 is 53.8 Å². The molecule has 8 rings (SSSR count). The summed E-state index contributed by atoms with van der Waals surface area (Å²) in [6, 6.07) is 63.9. The smallest absolute Gasteiger partial charge is 0.391 e. The molecule has 0 aliphatic rings. The lowest BCUT2D eigenvalue weighted by atomic mass is 10.00. The van der Waals surface area contributed by atoms with Gasteiger partial charge >= 0.3 is 53.9 Å². The van der Waals surface area contributed by atoms with Crippen LogP contribution in [0.15, 0.2) is 200 Å². The van der Waals surface area contributed by atoms with E-state index in [0.717, 1.165) is 138 Å². The summed E-state index contributed by atoms with van der Waals surface area (Å²) in [5, 5.41) is 51.9. The number of rotatable bonds is 44. The van der Waals surface area contributed by atoms with E-state index in [1.54, 1.807) is 42.5 Å². The van der Waals surface area contributed by atoms with Crippen LogP contribution in [0.3, 0.4) is 0 Å². The lowest BCUT2D eigenvalue weighted by Crippen LogP contribution is -2.25. The number of carbonyl (C=O) groups is 8. The van der Waals surface area contributed by atoms with Crippen molar-refractivity contribution < 1.29 is 96.4 Å². The second-order valence-corrected chi connectivity index (χ2v) is 36.9. The van der Waals surface area contributed by atoms with Crippen molar-refractivity contribution in [1.29, 1.82) is 0 Å². The zero-order valence-corrected chi connectivity index (χ0v) is 82.0. The van der Waals surface area contributed by atoms with Gasteiger partial charge in [0.1, 0.15) is 6.61 Å². The highest BCUT2D eigenvalue weighted by Crippen LogP contribution is 2.24. The molecule has 8 aromatic rings. The Bertz CT molecular complexity index is 4490. The number of halogens is 3. The third-order valence-electron chi connectivity index (χ3n) is 19.8. The number of aliphatic hydroxyl groups excluding tert-OH is 1. The van der Waals surface area contributed by atoms with Gasteiger partial charge in [0, 0.05) is 31.8 Å². The summed E-state index contributed by atoms with van der Waals surface area (Å²) in [5.41, 5.74) is 17.5. The van der Waals surface area contributed by atoms with E-state index >= 15 is 0 Å². The Hall–Kier alpha value is -11.0. The number of hydrogen-bond acceptors (Lipinski definition) is 12. The van der Waals surface area contributed by atoms with Crippen molar-refractivity contribution in [3.63, 3.8) is 0 Å². The van der Waals surface area contributed by atoms with Crippen LogP contribution in [-0.4, -0.2) is 111 Å². The number of carboxylic acids is 5. The van der Waals surface area contributed by atoms with Crippen molar-refractivity contribution in [3.05, 3.63) is 289 Å². The van der Waals surface area contributed by atoms with Gasteiger partial charge in [-0.3, -0.25) is 19.2 Å². The maximum absolute atomic E-state index is 12.0. The number of hydrogen-bond donors (Lipinski definition) is 6. The van der Waals surface area contributed by atoms with Crippen molar-refractivity contribution in [2.75, 3.05) is 20.3 Å². The Kier molecular flexibility index (Phi) is 62.2. The van der Waals surface area contributed by atoms with E-state index in [-0.39, 0.29) is 30.3 Å². The lowest BCUT2D eigenvalue weighted by molar-refractivity contribution is -0.157. The highest BCUT2D eigenvalue weighted by atomic mass is 19.4. The van der Waals surface area contributed by atoms with Crippen LogP contribution in [0.4, 0.5) is 13.2 Å². The van der Waals surface area contributed by atoms with Gasteiger partial charge in [-0.25, -0.2) is 19.2 Å². The fourth-order valence-corrected chi connectivity index (χ4v) is 13.6. The molecule has 0 bridgehead atoms. The summed E-state index contributed by atoms with van der Waals surface area (Å²) in [6.07, 6.45) is 15.3. The van der Waals surface area contributed by atoms with Gasteiger partial charge in [-0.05, 0) is 278 Å². The van der Waals surface area contributed by atoms with Crippen LogP contribution in [0.1, 0.15) is 298 Å². The molecule has 6 N–H and O–H groups in total. The second-order valence-electron chi connectivity index (χ2n) is 36.9.